The molecule has 6 heteroatoms. The molecule has 2 N–H and O–H groups in total. The third kappa shape index (κ3) is 5.39. The topological polar surface area (TPSA) is 56.2 Å². The molecule has 1 heterocycles. The van der Waals surface area contributed by atoms with Gasteiger partial charge in [0.15, 0.2) is 0 Å². The average Bonchev–Trinajstić information content (AvgIpc) is 2.62. The van der Waals surface area contributed by atoms with Gasteiger partial charge in [-0.25, -0.2) is 0 Å². The van der Waals surface area contributed by atoms with Crippen molar-refractivity contribution in [2.75, 3.05) is 44.2 Å². The number of allylic oxidation sites excluding steroid dienone is 4. The molecule has 136 valence electrons. The van der Waals surface area contributed by atoms with Crippen molar-refractivity contribution in [1.29, 1.82) is 0 Å². The van der Waals surface area contributed by atoms with E-state index in [-0.39, 0.29) is 6.61 Å². The number of benzene rings is 1. The van der Waals surface area contributed by atoms with E-state index >= 15 is 0 Å². The van der Waals surface area contributed by atoms with Crippen LogP contribution in [0.2, 0.25) is 5.02 Å². The summed E-state index contributed by atoms with van der Waals surface area (Å²) in [5.41, 5.74) is 1.15. The minimum absolute atomic E-state index is 0.287. The minimum Gasteiger partial charge on any atom is -0.512 e. The number of hydrogen-bond donors (Lipinski definition) is 2. The molecule has 1 aliphatic carbocycles. The molecule has 1 aromatic rings. The summed E-state index contributed by atoms with van der Waals surface area (Å²) in [5, 5.41) is 20.3. The van der Waals surface area contributed by atoms with Gasteiger partial charge in [-0.3, -0.25) is 4.90 Å². The summed E-state index contributed by atoms with van der Waals surface area (Å²) in [7, 11) is 0. The van der Waals surface area contributed by atoms with Gasteiger partial charge in [0, 0.05) is 56.3 Å². The number of aliphatic hydroxyl groups is 2. The average molecular weight is 365 g/mol. The highest BCUT2D eigenvalue weighted by atomic mass is 35.5. The van der Waals surface area contributed by atoms with Crippen molar-refractivity contribution in [1.82, 2.24) is 4.90 Å². The molecule has 0 bridgehead atoms. The monoisotopic (exact) mass is 364 g/mol. The molecule has 0 spiro atoms. The highest BCUT2D eigenvalue weighted by molar-refractivity contribution is 6.30. The second-order valence-corrected chi connectivity index (χ2v) is 6.96. The smallest absolute Gasteiger partial charge is 0.115 e. The maximum absolute atomic E-state index is 10.2. The molecule has 1 fully saturated rings. The predicted molar refractivity (Wildman–Crippen MR) is 100 cm³/mol. The van der Waals surface area contributed by atoms with Gasteiger partial charge in [-0.15, -0.1) is 0 Å². The minimum atomic E-state index is -0.516. The van der Waals surface area contributed by atoms with E-state index in [4.69, 9.17) is 16.3 Å². The Balaban J connectivity index is 1.40. The molecule has 1 unspecified atom stereocenters. The van der Waals surface area contributed by atoms with Crippen LogP contribution in [0.3, 0.4) is 0 Å². The van der Waals surface area contributed by atoms with Gasteiger partial charge >= 0.3 is 0 Å². The van der Waals surface area contributed by atoms with Crippen molar-refractivity contribution >= 4 is 17.3 Å². The van der Waals surface area contributed by atoms with E-state index in [0.29, 0.717) is 25.1 Å². The highest BCUT2D eigenvalue weighted by Gasteiger charge is 2.20. The number of piperazine rings is 1. The number of rotatable bonds is 6. The van der Waals surface area contributed by atoms with Gasteiger partial charge in [-0.05, 0) is 30.4 Å². The van der Waals surface area contributed by atoms with Crippen LogP contribution in [0, 0.1) is 0 Å². The van der Waals surface area contributed by atoms with Gasteiger partial charge in [-0.1, -0.05) is 17.7 Å². The van der Waals surface area contributed by atoms with Crippen LogP contribution in [-0.4, -0.2) is 60.5 Å². The second-order valence-electron chi connectivity index (χ2n) is 6.52. The number of ether oxygens (including phenoxy) is 1. The predicted octanol–water partition coefficient (Wildman–Crippen LogP) is 2.96. The lowest BCUT2D eigenvalue weighted by molar-refractivity contribution is 0.0389. The third-order valence-corrected chi connectivity index (χ3v) is 4.80. The molecule has 2 aliphatic rings. The normalized spacial score (nSPS) is 20.0. The van der Waals surface area contributed by atoms with Crippen LogP contribution in [0.5, 0.6) is 0 Å². The van der Waals surface area contributed by atoms with Gasteiger partial charge < -0.3 is 19.8 Å². The molecule has 0 saturated carbocycles. The van der Waals surface area contributed by atoms with Crippen LogP contribution in [0.4, 0.5) is 5.69 Å². The van der Waals surface area contributed by atoms with E-state index in [1.807, 2.05) is 18.2 Å². The highest BCUT2D eigenvalue weighted by Crippen LogP contribution is 2.21. The van der Waals surface area contributed by atoms with E-state index in [2.05, 4.69) is 15.9 Å². The Kier molecular flexibility index (Phi) is 6.24. The Hall–Kier alpha value is -1.69. The molecule has 1 saturated heterocycles. The maximum atomic E-state index is 10.2. The van der Waals surface area contributed by atoms with Gasteiger partial charge in [-0.2, -0.15) is 0 Å². The SMILES string of the molecule is OC1=CC=C(OCC(O)CN2CCN(c3cccc(Cl)c3)CC2)CC1. The first-order chi connectivity index (χ1) is 12.1. The fraction of sp³-hybridized carbons (Fsp3) is 0.474. The Morgan fingerprint density at radius 1 is 1.12 bits per heavy atom. The van der Waals surface area contributed by atoms with E-state index in [0.717, 1.165) is 42.6 Å². The molecule has 25 heavy (non-hydrogen) atoms. The summed E-state index contributed by atoms with van der Waals surface area (Å²) in [6, 6.07) is 7.93. The molecule has 0 amide bonds. The lowest BCUT2D eigenvalue weighted by Crippen LogP contribution is -2.49. The van der Waals surface area contributed by atoms with Crippen molar-refractivity contribution in [3.05, 3.63) is 53.0 Å². The van der Waals surface area contributed by atoms with Crippen molar-refractivity contribution in [2.24, 2.45) is 0 Å². The van der Waals surface area contributed by atoms with Crippen LogP contribution >= 0.6 is 11.6 Å². The summed E-state index contributed by atoms with van der Waals surface area (Å²) in [5.74, 6) is 1.20. The Bertz CT molecular complexity index is 639. The largest absolute Gasteiger partial charge is 0.512 e. The summed E-state index contributed by atoms with van der Waals surface area (Å²) in [6.45, 7) is 4.55. The van der Waals surface area contributed by atoms with Crippen LogP contribution in [-0.2, 0) is 4.74 Å². The number of nitrogens with zero attached hydrogens (tertiary/aromatic N) is 2. The molecule has 0 radical (unpaired) electrons. The number of β-amino-alcohol motifs (C(OH)–C–C–N with tert-alkyl or cyclic N) is 1. The zero-order chi connectivity index (χ0) is 17.6. The zero-order valence-electron chi connectivity index (χ0n) is 14.3. The molecular weight excluding hydrogens is 340 g/mol. The van der Waals surface area contributed by atoms with E-state index in [9.17, 15) is 10.2 Å². The molecule has 5 nitrogen and oxygen atoms in total. The van der Waals surface area contributed by atoms with Gasteiger partial charge in [0.05, 0.1) is 11.5 Å². The first-order valence-corrected chi connectivity index (χ1v) is 9.10. The van der Waals surface area contributed by atoms with Crippen LogP contribution in [0.25, 0.3) is 0 Å². The van der Waals surface area contributed by atoms with Crippen LogP contribution < -0.4 is 4.90 Å². The van der Waals surface area contributed by atoms with Crippen LogP contribution in [0.1, 0.15) is 12.8 Å². The van der Waals surface area contributed by atoms with E-state index in [1.54, 1.807) is 12.2 Å². The van der Waals surface area contributed by atoms with Crippen molar-refractivity contribution < 1.29 is 14.9 Å². The fourth-order valence-corrected chi connectivity index (χ4v) is 3.33. The number of halogens is 1. The van der Waals surface area contributed by atoms with Gasteiger partial charge in [0.2, 0.25) is 0 Å². The lowest BCUT2D eigenvalue weighted by atomic mass is 10.1. The van der Waals surface area contributed by atoms with Crippen molar-refractivity contribution in [2.45, 2.75) is 18.9 Å². The van der Waals surface area contributed by atoms with Crippen molar-refractivity contribution in [3.8, 4) is 0 Å². The summed E-state index contributed by atoms with van der Waals surface area (Å²) in [6.07, 6.45) is 4.20. The van der Waals surface area contributed by atoms with Gasteiger partial charge in [0.25, 0.3) is 0 Å². The first kappa shape index (κ1) is 18.1. The summed E-state index contributed by atoms with van der Waals surface area (Å²) < 4.78 is 5.64. The number of aliphatic hydroxyl groups excluding tert-OH is 2. The van der Waals surface area contributed by atoms with E-state index < -0.39 is 6.10 Å². The van der Waals surface area contributed by atoms with Crippen LogP contribution in [0.15, 0.2) is 47.9 Å². The summed E-state index contributed by atoms with van der Waals surface area (Å²) in [4.78, 5) is 4.58. The quantitative estimate of drug-likeness (QED) is 0.812. The molecule has 1 aliphatic heterocycles. The molecule has 1 aromatic carbocycles. The summed E-state index contributed by atoms with van der Waals surface area (Å²) >= 11 is 6.06. The molecule has 1 atom stereocenters. The maximum Gasteiger partial charge on any atom is 0.115 e. The second kappa shape index (κ2) is 8.61. The molecule has 3 rings (SSSR count). The Morgan fingerprint density at radius 3 is 2.60 bits per heavy atom. The number of anilines is 1. The standard InChI is InChI=1S/C19H25ClN2O3/c20-15-2-1-3-16(12-15)22-10-8-21(9-11-22)13-18(24)14-25-19-6-4-17(23)5-7-19/h1-4,6,12,18,23-24H,5,7-11,13-14H2. The van der Waals surface area contributed by atoms with Crippen molar-refractivity contribution in [3.63, 3.8) is 0 Å². The molecular formula is C19H25ClN2O3. The van der Waals surface area contributed by atoms with E-state index in [1.165, 1.54) is 0 Å². The Morgan fingerprint density at radius 2 is 1.92 bits per heavy atom. The molecule has 0 aromatic heterocycles. The Labute approximate surface area is 153 Å². The zero-order valence-corrected chi connectivity index (χ0v) is 15.0. The van der Waals surface area contributed by atoms with Gasteiger partial charge in [0.1, 0.15) is 12.7 Å². The lowest BCUT2D eigenvalue weighted by Gasteiger charge is -2.37. The third-order valence-electron chi connectivity index (χ3n) is 4.56. The first-order valence-electron chi connectivity index (χ1n) is 8.72. The number of hydrogen-bond acceptors (Lipinski definition) is 5. The fourth-order valence-electron chi connectivity index (χ4n) is 3.14.